The molecule has 0 aliphatic rings. The lowest BCUT2D eigenvalue weighted by molar-refractivity contribution is 0.104. The first-order valence-corrected chi connectivity index (χ1v) is 8.48. The van der Waals surface area contributed by atoms with Crippen LogP contribution >= 0.6 is 22.9 Å². The van der Waals surface area contributed by atoms with Crippen molar-refractivity contribution in [3.05, 3.63) is 50.7 Å². The van der Waals surface area contributed by atoms with Gasteiger partial charge in [-0.3, -0.25) is 4.79 Å². The molecule has 1 aromatic heterocycles. The van der Waals surface area contributed by atoms with Crippen LogP contribution in [0.4, 0.5) is 0 Å². The number of sulfone groups is 1. The third-order valence-corrected chi connectivity index (χ3v) is 5.27. The van der Waals surface area contributed by atoms with Gasteiger partial charge in [-0.2, -0.15) is 0 Å². The molecule has 0 aliphatic heterocycles. The Morgan fingerprint density at radius 2 is 1.95 bits per heavy atom. The fourth-order valence-corrected chi connectivity index (χ4v) is 3.41. The molecule has 0 spiro atoms. The van der Waals surface area contributed by atoms with Gasteiger partial charge in [-0.25, -0.2) is 8.42 Å². The van der Waals surface area contributed by atoms with Crippen molar-refractivity contribution >= 4 is 38.6 Å². The minimum atomic E-state index is -3.32. The van der Waals surface area contributed by atoms with Crippen molar-refractivity contribution in [1.29, 1.82) is 0 Å². The Morgan fingerprint density at radius 1 is 1.26 bits per heavy atom. The van der Waals surface area contributed by atoms with Gasteiger partial charge in [0.15, 0.2) is 9.84 Å². The summed E-state index contributed by atoms with van der Waals surface area (Å²) >= 11 is 7.13. The predicted molar refractivity (Wildman–Crippen MR) is 77.1 cm³/mol. The Hall–Kier alpha value is -1.17. The molecule has 19 heavy (non-hydrogen) atoms. The van der Waals surface area contributed by atoms with E-state index in [9.17, 15) is 13.2 Å². The zero-order valence-electron chi connectivity index (χ0n) is 10.3. The lowest BCUT2D eigenvalue weighted by atomic mass is 10.1. The van der Waals surface area contributed by atoms with E-state index in [2.05, 4.69) is 0 Å². The molecule has 100 valence electrons. The maximum atomic E-state index is 12.2. The zero-order valence-corrected chi connectivity index (χ0v) is 12.7. The maximum Gasteiger partial charge on any atom is 0.203 e. The summed E-state index contributed by atoms with van der Waals surface area (Å²) in [6.07, 6.45) is 1.11. The van der Waals surface area contributed by atoms with Crippen molar-refractivity contribution in [3.63, 3.8) is 0 Å². The lowest BCUT2D eigenvalue weighted by Gasteiger charge is -2.01. The first-order chi connectivity index (χ1) is 8.79. The van der Waals surface area contributed by atoms with E-state index in [1.807, 2.05) is 6.92 Å². The molecule has 0 N–H and O–H groups in total. The largest absolute Gasteiger partial charge is 0.288 e. The number of rotatable bonds is 3. The molecule has 0 atom stereocenters. The number of carbonyl (C=O) groups is 1. The van der Waals surface area contributed by atoms with Gasteiger partial charge in [-0.15, -0.1) is 11.3 Å². The molecule has 2 aromatic rings. The van der Waals surface area contributed by atoms with Gasteiger partial charge in [0.05, 0.1) is 14.1 Å². The van der Waals surface area contributed by atoms with Gasteiger partial charge >= 0.3 is 0 Å². The van der Waals surface area contributed by atoms with Gasteiger partial charge in [-0.1, -0.05) is 23.7 Å². The summed E-state index contributed by atoms with van der Waals surface area (Å²) in [6, 6.07) is 7.73. The van der Waals surface area contributed by atoms with Gasteiger partial charge < -0.3 is 0 Å². The van der Waals surface area contributed by atoms with E-state index in [0.29, 0.717) is 14.8 Å². The third-order valence-electron chi connectivity index (χ3n) is 2.61. The number of hydrogen-bond donors (Lipinski definition) is 0. The Bertz CT molecular complexity index is 725. The second-order valence-corrected chi connectivity index (χ2v) is 7.87. The number of carbonyl (C=O) groups excluding carboxylic acids is 1. The molecular weight excluding hydrogens is 304 g/mol. The van der Waals surface area contributed by atoms with Crippen molar-refractivity contribution in [2.75, 3.05) is 6.26 Å². The first-order valence-electron chi connectivity index (χ1n) is 5.40. The van der Waals surface area contributed by atoms with Crippen molar-refractivity contribution in [2.24, 2.45) is 0 Å². The van der Waals surface area contributed by atoms with E-state index in [1.165, 1.54) is 23.5 Å². The lowest BCUT2D eigenvalue weighted by Crippen LogP contribution is -2.02. The predicted octanol–water partition coefficient (Wildman–Crippen LogP) is 3.34. The topological polar surface area (TPSA) is 51.2 Å². The van der Waals surface area contributed by atoms with Crippen molar-refractivity contribution in [2.45, 2.75) is 11.8 Å². The van der Waals surface area contributed by atoms with E-state index in [4.69, 9.17) is 11.6 Å². The SMILES string of the molecule is Cc1cc(C(=O)c2cccc(S(C)(=O)=O)c2)sc1Cl. The van der Waals surface area contributed by atoms with Crippen LogP contribution in [0, 0.1) is 6.92 Å². The molecule has 0 saturated heterocycles. The summed E-state index contributed by atoms with van der Waals surface area (Å²) in [7, 11) is -3.32. The number of aryl methyl sites for hydroxylation is 1. The van der Waals surface area contributed by atoms with E-state index in [1.54, 1.807) is 18.2 Å². The molecule has 0 saturated carbocycles. The number of thiophene rings is 1. The molecule has 3 nitrogen and oxygen atoms in total. The summed E-state index contributed by atoms with van der Waals surface area (Å²) in [5, 5.41) is 0. The van der Waals surface area contributed by atoms with Crippen LogP contribution in [0.5, 0.6) is 0 Å². The number of benzene rings is 1. The van der Waals surface area contributed by atoms with Crippen LogP contribution in [0.15, 0.2) is 35.2 Å². The molecule has 1 heterocycles. The van der Waals surface area contributed by atoms with Gasteiger partial charge in [-0.05, 0) is 30.7 Å². The average Bonchev–Trinajstić information content (AvgIpc) is 2.68. The van der Waals surface area contributed by atoms with E-state index in [0.717, 1.165) is 11.8 Å². The van der Waals surface area contributed by atoms with E-state index in [-0.39, 0.29) is 10.7 Å². The summed E-state index contributed by atoms with van der Waals surface area (Å²) in [6.45, 7) is 1.82. The van der Waals surface area contributed by atoms with Gasteiger partial charge in [0, 0.05) is 11.8 Å². The van der Waals surface area contributed by atoms with Crippen LogP contribution in [-0.4, -0.2) is 20.5 Å². The zero-order chi connectivity index (χ0) is 14.2. The molecule has 0 fully saturated rings. The summed E-state index contributed by atoms with van der Waals surface area (Å²) in [5.41, 5.74) is 1.19. The number of halogens is 1. The molecule has 0 radical (unpaired) electrons. The Morgan fingerprint density at radius 3 is 2.47 bits per heavy atom. The monoisotopic (exact) mass is 314 g/mol. The van der Waals surface area contributed by atoms with Gasteiger partial charge in [0.2, 0.25) is 5.78 Å². The quantitative estimate of drug-likeness (QED) is 0.816. The highest BCUT2D eigenvalue weighted by molar-refractivity contribution is 7.90. The van der Waals surface area contributed by atoms with Crippen molar-refractivity contribution < 1.29 is 13.2 Å². The molecule has 0 amide bonds. The van der Waals surface area contributed by atoms with Gasteiger partial charge in [0.1, 0.15) is 0 Å². The Balaban J connectivity index is 2.45. The van der Waals surface area contributed by atoms with E-state index >= 15 is 0 Å². The fourth-order valence-electron chi connectivity index (χ4n) is 1.58. The van der Waals surface area contributed by atoms with Crippen LogP contribution in [0.2, 0.25) is 4.34 Å². The van der Waals surface area contributed by atoms with Crippen LogP contribution in [-0.2, 0) is 9.84 Å². The fraction of sp³-hybridized carbons (Fsp3) is 0.154. The Kier molecular flexibility index (Phi) is 3.80. The molecule has 0 bridgehead atoms. The molecule has 0 aliphatic carbocycles. The smallest absolute Gasteiger partial charge is 0.203 e. The minimum Gasteiger partial charge on any atom is -0.288 e. The second kappa shape index (κ2) is 5.07. The van der Waals surface area contributed by atoms with E-state index < -0.39 is 9.84 Å². The number of ketones is 1. The third kappa shape index (κ3) is 3.05. The highest BCUT2D eigenvalue weighted by Gasteiger charge is 2.16. The van der Waals surface area contributed by atoms with Crippen LogP contribution in [0.25, 0.3) is 0 Å². The van der Waals surface area contributed by atoms with Crippen molar-refractivity contribution in [3.8, 4) is 0 Å². The van der Waals surface area contributed by atoms with Gasteiger partial charge in [0.25, 0.3) is 0 Å². The highest BCUT2D eigenvalue weighted by Crippen LogP contribution is 2.28. The second-order valence-electron chi connectivity index (χ2n) is 4.20. The average molecular weight is 315 g/mol. The highest BCUT2D eigenvalue weighted by atomic mass is 35.5. The standard InChI is InChI=1S/C13H11ClO3S2/c1-8-6-11(18-13(8)14)12(15)9-4-3-5-10(7-9)19(2,16)17/h3-7H,1-2H3. The van der Waals surface area contributed by atoms with Crippen LogP contribution in [0.3, 0.4) is 0 Å². The molecule has 1 aromatic carbocycles. The minimum absolute atomic E-state index is 0.137. The van der Waals surface area contributed by atoms with Crippen molar-refractivity contribution in [1.82, 2.24) is 0 Å². The van der Waals surface area contributed by atoms with Crippen LogP contribution < -0.4 is 0 Å². The summed E-state index contributed by atoms with van der Waals surface area (Å²) in [5.74, 6) is -0.217. The Labute approximate surface area is 120 Å². The molecule has 6 heteroatoms. The molecular formula is C13H11ClO3S2. The normalized spacial score (nSPS) is 11.5. The molecule has 0 unspecified atom stereocenters. The summed E-state index contributed by atoms with van der Waals surface area (Å²) in [4.78, 5) is 12.9. The first kappa shape index (κ1) is 14.2. The number of hydrogen-bond acceptors (Lipinski definition) is 4. The maximum absolute atomic E-state index is 12.2. The summed E-state index contributed by atoms with van der Waals surface area (Å²) < 4.78 is 23.5. The molecule has 2 rings (SSSR count). The van der Waals surface area contributed by atoms with Crippen LogP contribution in [0.1, 0.15) is 20.8 Å².